The second kappa shape index (κ2) is 3.89. The van der Waals surface area contributed by atoms with Crippen LogP contribution in [0.4, 0.5) is 0 Å². The van der Waals surface area contributed by atoms with Gasteiger partial charge in [-0.2, -0.15) is 0 Å². The molecule has 2 aliphatic carbocycles. The zero-order valence-electron chi connectivity index (χ0n) is 8.58. The van der Waals surface area contributed by atoms with Crippen LogP contribution in [0.2, 0.25) is 0 Å². The second-order valence-electron chi connectivity index (χ2n) is 4.83. The lowest BCUT2D eigenvalue weighted by atomic mass is 9.64. The van der Waals surface area contributed by atoms with Crippen molar-refractivity contribution >= 4 is 5.84 Å². The van der Waals surface area contributed by atoms with E-state index in [1.54, 1.807) is 0 Å². The summed E-state index contributed by atoms with van der Waals surface area (Å²) in [6, 6.07) is 0. The summed E-state index contributed by atoms with van der Waals surface area (Å²) in [6.45, 7) is 0. The Morgan fingerprint density at radius 3 is 2.57 bits per heavy atom. The molecular formula is C11H20N2O. The maximum absolute atomic E-state index is 9.86. The van der Waals surface area contributed by atoms with Crippen molar-refractivity contribution in [3.05, 3.63) is 0 Å². The van der Waals surface area contributed by atoms with E-state index in [9.17, 15) is 5.11 Å². The van der Waals surface area contributed by atoms with Crippen LogP contribution in [0.3, 0.4) is 0 Å². The monoisotopic (exact) mass is 196 g/mol. The van der Waals surface area contributed by atoms with Gasteiger partial charge in [-0.1, -0.05) is 19.3 Å². The molecule has 0 saturated heterocycles. The van der Waals surface area contributed by atoms with Crippen molar-refractivity contribution in [2.24, 2.45) is 23.5 Å². The van der Waals surface area contributed by atoms with Gasteiger partial charge in [-0.3, -0.25) is 5.41 Å². The quantitative estimate of drug-likeness (QED) is 0.439. The van der Waals surface area contributed by atoms with E-state index in [0.29, 0.717) is 5.92 Å². The van der Waals surface area contributed by atoms with Crippen LogP contribution < -0.4 is 5.73 Å². The van der Waals surface area contributed by atoms with Crippen molar-refractivity contribution in [2.45, 2.75) is 44.6 Å². The minimum Gasteiger partial charge on any atom is -0.392 e. The number of hydrogen-bond donors (Lipinski definition) is 3. The molecule has 2 aliphatic rings. The molecule has 3 nitrogen and oxygen atoms in total. The SMILES string of the molecule is N=C(N)C1C2CCCCC2CC[C@@H]1O. The summed E-state index contributed by atoms with van der Waals surface area (Å²) >= 11 is 0. The summed E-state index contributed by atoms with van der Waals surface area (Å²) in [4.78, 5) is 0. The van der Waals surface area contributed by atoms with E-state index in [4.69, 9.17) is 11.1 Å². The molecule has 0 heterocycles. The molecule has 3 unspecified atom stereocenters. The first-order chi connectivity index (χ1) is 6.70. The van der Waals surface area contributed by atoms with E-state index in [2.05, 4.69) is 0 Å². The number of rotatable bonds is 1. The van der Waals surface area contributed by atoms with E-state index in [0.717, 1.165) is 25.2 Å². The Hall–Kier alpha value is -0.570. The lowest BCUT2D eigenvalue weighted by Crippen LogP contribution is -2.46. The van der Waals surface area contributed by atoms with Crippen LogP contribution in [0.1, 0.15) is 38.5 Å². The van der Waals surface area contributed by atoms with Gasteiger partial charge in [0.2, 0.25) is 0 Å². The smallest absolute Gasteiger partial charge is 0.0966 e. The third kappa shape index (κ3) is 1.65. The van der Waals surface area contributed by atoms with Gasteiger partial charge in [0.05, 0.1) is 11.9 Å². The molecule has 14 heavy (non-hydrogen) atoms. The second-order valence-corrected chi connectivity index (χ2v) is 4.83. The van der Waals surface area contributed by atoms with Gasteiger partial charge in [0, 0.05) is 5.92 Å². The minimum atomic E-state index is -0.355. The lowest BCUT2D eigenvalue weighted by Gasteiger charge is -2.43. The zero-order valence-corrected chi connectivity index (χ0v) is 8.58. The zero-order chi connectivity index (χ0) is 10.1. The molecule has 0 amide bonds. The summed E-state index contributed by atoms with van der Waals surface area (Å²) < 4.78 is 0. The van der Waals surface area contributed by atoms with Gasteiger partial charge < -0.3 is 10.8 Å². The standard InChI is InChI=1S/C11H20N2O/c12-11(13)10-8-4-2-1-3-7(8)5-6-9(10)14/h7-10,14H,1-6H2,(H3,12,13)/t7?,8?,9-,10?/m0/s1. The number of nitrogens with two attached hydrogens (primary N) is 1. The fourth-order valence-corrected chi connectivity index (χ4v) is 3.36. The molecule has 0 aliphatic heterocycles. The minimum absolute atomic E-state index is 0.0472. The number of fused-ring (bicyclic) bond motifs is 1. The number of amidine groups is 1. The third-order valence-corrected chi connectivity index (χ3v) is 4.04. The highest BCUT2D eigenvalue weighted by Gasteiger charge is 2.41. The van der Waals surface area contributed by atoms with Crippen LogP contribution >= 0.6 is 0 Å². The third-order valence-electron chi connectivity index (χ3n) is 4.04. The Labute approximate surface area is 85.2 Å². The Morgan fingerprint density at radius 1 is 1.14 bits per heavy atom. The highest BCUT2D eigenvalue weighted by atomic mass is 16.3. The Balaban J connectivity index is 2.13. The van der Waals surface area contributed by atoms with Crippen molar-refractivity contribution in [1.82, 2.24) is 0 Å². The molecule has 80 valence electrons. The molecule has 0 radical (unpaired) electrons. The van der Waals surface area contributed by atoms with Crippen LogP contribution in [0.15, 0.2) is 0 Å². The average Bonchev–Trinajstić information content (AvgIpc) is 2.17. The Kier molecular flexibility index (Phi) is 2.77. The number of aliphatic hydroxyl groups excluding tert-OH is 1. The van der Waals surface area contributed by atoms with Crippen molar-refractivity contribution in [2.75, 3.05) is 0 Å². The number of nitrogens with one attached hydrogen (secondary N) is 1. The summed E-state index contributed by atoms with van der Waals surface area (Å²) in [5.41, 5.74) is 5.59. The van der Waals surface area contributed by atoms with Crippen molar-refractivity contribution in [1.29, 1.82) is 5.41 Å². The molecule has 2 saturated carbocycles. The Bertz CT molecular complexity index is 229. The molecule has 2 fully saturated rings. The first-order valence-electron chi connectivity index (χ1n) is 5.72. The van der Waals surface area contributed by atoms with Crippen LogP contribution in [-0.4, -0.2) is 17.0 Å². The van der Waals surface area contributed by atoms with Crippen LogP contribution in [0.5, 0.6) is 0 Å². The predicted molar refractivity (Wildman–Crippen MR) is 56.1 cm³/mol. The molecule has 0 aromatic rings. The fraction of sp³-hybridized carbons (Fsp3) is 0.909. The summed E-state index contributed by atoms with van der Waals surface area (Å²) in [7, 11) is 0. The van der Waals surface area contributed by atoms with Crippen molar-refractivity contribution in [3.63, 3.8) is 0 Å². The first kappa shape index (κ1) is 9.97. The van der Waals surface area contributed by atoms with Gasteiger partial charge in [0.25, 0.3) is 0 Å². The highest BCUT2D eigenvalue weighted by Crippen LogP contribution is 2.43. The summed E-state index contributed by atoms with van der Waals surface area (Å²) in [6.07, 6.45) is 6.63. The van der Waals surface area contributed by atoms with Crippen LogP contribution in [0, 0.1) is 23.2 Å². The van der Waals surface area contributed by atoms with Gasteiger partial charge in [-0.05, 0) is 31.1 Å². The largest absolute Gasteiger partial charge is 0.392 e. The normalized spacial score (nSPS) is 42.9. The maximum atomic E-state index is 9.86. The summed E-state index contributed by atoms with van der Waals surface area (Å²) in [5, 5.41) is 17.4. The first-order valence-corrected chi connectivity index (χ1v) is 5.72. The molecule has 2 rings (SSSR count). The topological polar surface area (TPSA) is 70.1 Å². The van der Waals surface area contributed by atoms with Gasteiger partial charge >= 0.3 is 0 Å². The van der Waals surface area contributed by atoms with Crippen LogP contribution in [-0.2, 0) is 0 Å². The molecule has 3 heteroatoms. The predicted octanol–water partition coefficient (Wildman–Crippen LogP) is 1.50. The molecular weight excluding hydrogens is 176 g/mol. The summed E-state index contributed by atoms with van der Waals surface area (Å²) in [5.74, 6) is 1.37. The van der Waals surface area contributed by atoms with Gasteiger partial charge in [0.15, 0.2) is 0 Å². The van der Waals surface area contributed by atoms with E-state index < -0.39 is 0 Å². The van der Waals surface area contributed by atoms with Gasteiger partial charge in [-0.25, -0.2) is 0 Å². The van der Waals surface area contributed by atoms with Crippen LogP contribution in [0.25, 0.3) is 0 Å². The van der Waals surface area contributed by atoms with Gasteiger partial charge in [0.1, 0.15) is 0 Å². The molecule has 0 bridgehead atoms. The highest BCUT2D eigenvalue weighted by molar-refractivity contribution is 5.80. The van der Waals surface area contributed by atoms with Crippen molar-refractivity contribution in [3.8, 4) is 0 Å². The molecule has 0 spiro atoms. The average molecular weight is 196 g/mol. The molecule has 0 aromatic heterocycles. The lowest BCUT2D eigenvalue weighted by molar-refractivity contribution is 0.0161. The maximum Gasteiger partial charge on any atom is 0.0966 e. The molecule has 4 atom stereocenters. The van der Waals surface area contributed by atoms with Crippen molar-refractivity contribution < 1.29 is 5.11 Å². The number of hydrogen-bond acceptors (Lipinski definition) is 2. The fourth-order valence-electron chi connectivity index (χ4n) is 3.36. The number of aliphatic hydroxyl groups is 1. The van der Waals surface area contributed by atoms with E-state index >= 15 is 0 Å². The van der Waals surface area contributed by atoms with Gasteiger partial charge in [-0.15, -0.1) is 0 Å². The van der Waals surface area contributed by atoms with E-state index in [-0.39, 0.29) is 17.9 Å². The van der Waals surface area contributed by atoms with E-state index in [1.807, 2.05) is 0 Å². The molecule has 4 N–H and O–H groups in total. The van der Waals surface area contributed by atoms with E-state index in [1.165, 1.54) is 19.3 Å². The Morgan fingerprint density at radius 2 is 1.86 bits per heavy atom. The molecule has 0 aromatic carbocycles.